The maximum absolute atomic E-state index is 13.8. The highest BCUT2D eigenvalue weighted by Crippen LogP contribution is 2.20. The van der Waals surface area contributed by atoms with Crippen molar-refractivity contribution in [2.24, 2.45) is 0 Å². The average Bonchev–Trinajstić information content (AvgIpc) is 2.75. The topological polar surface area (TPSA) is 50.5 Å². The molecule has 23 heavy (non-hydrogen) atoms. The van der Waals surface area contributed by atoms with Gasteiger partial charge in [-0.25, -0.2) is 4.39 Å². The van der Waals surface area contributed by atoms with E-state index >= 15 is 0 Å². The normalized spacial score (nSPS) is 11.3. The molecule has 0 aliphatic carbocycles. The molecule has 6 heteroatoms. The van der Waals surface area contributed by atoms with Crippen molar-refractivity contribution in [1.82, 2.24) is 14.7 Å². The molecule has 0 fully saturated rings. The number of aryl methyl sites for hydroxylation is 1. The molecule has 2 aromatic rings. The molecule has 0 aliphatic rings. The predicted molar refractivity (Wildman–Crippen MR) is 86.9 cm³/mol. The van der Waals surface area contributed by atoms with Gasteiger partial charge in [-0.2, -0.15) is 5.10 Å². The third kappa shape index (κ3) is 4.09. The van der Waals surface area contributed by atoms with Crippen molar-refractivity contribution in [2.45, 2.75) is 33.5 Å². The summed E-state index contributed by atoms with van der Waals surface area (Å²) >= 11 is 0. The van der Waals surface area contributed by atoms with Gasteiger partial charge in [0.05, 0.1) is 26.0 Å². The van der Waals surface area contributed by atoms with Gasteiger partial charge in [0, 0.05) is 24.3 Å². The Kier molecular flexibility index (Phi) is 5.74. The minimum absolute atomic E-state index is 0.0718. The molecular weight excluding hydrogens is 297 g/mol. The molecule has 1 N–H and O–H groups in total. The zero-order valence-corrected chi connectivity index (χ0v) is 14.1. The molecule has 0 spiro atoms. The summed E-state index contributed by atoms with van der Waals surface area (Å²) in [6.07, 6.45) is 0. The molecule has 0 atom stereocenters. The summed E-state index contributed by atoms with van der Waals surface area (Å²) in [6.45, 7) is 5.90. The van der Waals surface area contributed by atoms with Crippen molar-refractivity contribution in [3.63, 3.8) is 0 Å². The second-order valence-electron chi connectivity index (χ2n) is 5.74. The third-order valence-electron chi connectivity index (χ3n) is 3.94. The van der Waals surface area contributed by atoms with Gasteiger partial charge >= 0.3 is 0 Å². The lowest BCUT2D eigenvalue weighted by molar-refractivity contribution is 0.267. The van der Waals surface area contributed by atoms with Gasteiger partial charge < -0.3 is 9.84 Å². The van der Waals surface area contributed by atoms with Gasteiger partial charge in [-0.3, -0.25) is 9.58 Å². The van der Waals surface area contributed by atoms with E-state index in [9.17, 15) is 4.39 Å². The number of aliphatic hydroxyl groups is 1. The lowest BCUT2D eigenvalue weighted by atomic mass is 10.1. The van der Waals surface area contributed by atoms with E-state index in [1.54, 1.807) is 6.07 Å². The van der Waals surface area contributed by atoms with Crippen molar-refractivity contribution in [3.05, 3.63) is 46.5 Å². The van der Waals surface area contributed by atoms with E-state index in [-0.39, 0.29) is 18.2 Å². The van der Waals surface area contributed by atoms with Crippen LogP contribution in [-0.2, 0) is 19.6 Å². The minimum atomic E-state index is -0.346. The number of ether oxygens (including phenoxy) is 1. The lowest BCUT2D eigenvalue weighted by Gasteiger charge is -2.17. The number of methoxy groups -OCH3 is 1. The van der Waals surface area contributed by atoms with Gasteiger partial charge in [-0.1, -0.05) is 6.07 Å². The molecule has 5 nitrogen and oxygen atoms in total. The average molecular weight is 321 g/mol. The monoisotopic (exact) mass is 321 g/mol. The number of halogens is 1. The summed E-state index contributed by atoms with van der Waals surface area (Å²) in [5, 5.41) is 13.5. The van der Waals surface area contributed by atoms with Crippen LogP contribution < -0.4 is 4.74 Å². The summed E-state index contributed by atoms with van der Waals surface area (Å²) in [6, 6.07) is 5.02. The van der Waals surface area contributed by atoms with Gasteiger partial charge in [-0.15, -0.1) is 0 Å². The van der Waals surface area contributed by atoms with Gasteiger partial charge in [0.2, 0.25) is 0 Å². The van der Waals surface area contributed by atoms with Crippen LogP contribution in [0, 0.1) is 19.7 Å². The highest BCUT2D eigenvalue weighted by molar-refractivity contribution is 5.29. The Hall–Kier alpha value is -1.92. The predicted octanol–water partition coefficient (Wildman–Crippen LogP) is 2.27. The Bertz CT molecular complexity index is 670. The van der Waals surface area contributed by atoms with Crippen LogP contribution in [-0.4, -0.2) is 40.6 Å². The van der Waals surface area contributed by atoms with Crippen molar-refractivity contribution < 1.29 is 14.2 Å². The number of hydrogen-bond acceptors (Lipinski definition) is 4. The molecule has 1 heterocycles. The summed E-state index contributed by atoms with van der Waals surface area (Å²) in [5.41, 5.74) is 4.06. The minimum Gasteiger partial charge on any atom is -0.494 e. The van der Waals surface area contributed by atoms with E-state index in [1.807, 2.05) is 31.6 Å². The van der Waals surface area contributed by atoms with Crippen molar-refractivity contribution in [3.8, 4) is 5.75 Å². The van der Waals surface area contributed by atoms with Crippen LogP contribution in [0.2, 0.25) is 0 Å². The fourth-order valence-corrected chi connectivity index (χ4v) is 2.72. The maximum Gasteiger partial charge on any atom is 0.165 e. The molecule has 0 bridgehead atoms. The molecule has 0 radical (unpaired) electrons. The number of nitrogens with zero attached hydrogens (tertiary/aromatic N) is 3. The third-order valence-corrected chi connectivity index (χ3v) is 3.94. The lowest BCUT2D eigenvalue weighted by Crippen LogP contribution is -2.18. The second kappa shape index (κ2) is 7.57. The first-order chi connectivity index (χ1) is 11.0. The standard InChI is InChI=1S/C17H24FN3O2/c1-12-15(13(2)21(19-12)7-8-22)11-20(3)10-14-5-6-17(23-4)16(18)9-14/h5-6,9,22H,7-8,10-11H2,1-4H3. The summed E-state index contributed by atoms with van der Waals surface area (Å²) in [4.78, 5) is 2.11. The van der Waals surface area contributed by atoms with Crippen LogP contribution in [0.5, 0.6) is 5.75 Å². The molecular formula is C17H24FN3O2. The Morgan fingerprint density at radius 2 is 2.04 bits per heavy atom. The summed E-state index contributed by atoms with van der Waals surface area (Å²) in [7, 11) is 3.45. The summed E-state index contributed by atoms with van der Waals surface area (Å²) in [5.74, 6) is -0.0881. The van der Waals surface area contributed by atoms with Crippen molar-refractivity contribution in [1.29, 1.82) is 0 Å². The highest BCUT2D eigenvalue weighted by Gasteiger charge is 2.14. The molecule has 0 unspecified atom stereocenters. The van der Waals surface area contributed by atoms with Crippen LogP contribution >= 0.6 is 0 Å². The number of aliphatic hydroxyl groups excluding tert-OH is 1. The van der Waals surface area contributed by atoms with Crippen LogP contribution in [0.15, 0.2) is 18.2 Å². The van der Waals surface area contributed by atoms with Gasteiger partial charge in [0.1, 0.15) is 0 Å². The Morgan fingerprint density at radius 3 is 2.65 bits per heavy atom. The zero-order chi connectivity index (χ0) is 17.0. The van der Waals surface area contributed by atoms with Crippen LogP contribution in [0.4, 0.5) is 4.39 Å². The van der Waals surface area contributed by atoms with Crippen molar-refractivity contribution in [2.75, 3.05) is 20.8 Å². The van der Waals surface area contributed by atoms with Crippen LogP contribution in [0.1, 0.15) is 22.5 Å². The molecule has 0 saturated heterocycles. The molecule has 0 saturated carbocycles. The number of rotatable bonds is 7. The second-order valence-corrected chi connectivity index (χ2v) is 5.74. The van der Waals surface area contributed by atoms with E-state index in [4.69, 9.17) is 9.84 Å². The largest absolute Gasteiger partial charge is 0.494 e. The number of aromatic nitrogens is 2. The fraction of sp³-hybridized carbons (Fsp3) is 0.471. The number of benzene rings is 1. The quantitative estimate of drug-likeness (QED) is 0.850. The maximum atomic E-state index is 13.8. The van der Waals surface area contributed by atoms with Crippen LogP contribution in [0.3, 0.4) is 0 Å². The zero-order valence-electron chi connectivity index (χ0n) is 14.1. The van der Waals surface area contributed by atoms with E-state index in [2.05, 4.69) is 10.00 Å². The Balaban J connectivity index is 2.08. The molecule has 1 aromatic carbocycles. The van der Waals surface area contributed by atoms with Gasteiger partial charge in [0.15, 0.2) is 11.6 Å². The fourth-order valence-electron chi connectivity index (χ4n) is 2.72. The Labute approximate surface area is 136 Å². The number of hydrogen-bond donors (Lipinski definition) is 1. The first-order valence-electron chi connectivity index (χ1n) is 7.61. The van der Waals surface area contributed by atoms with Crippen LogP contribution in [0.25, 0.3) is 0 Å². The van der Waals surface area contributed by atoms with E-state index in [0.29, 0.717) is 13.1 Å². The van der Waals surface area contributed by atoms with E-state index in [1.165, 1.54) is 13.2 Å². The summed E-state index contributed by atoms with van der Waals surface area (Å²) < 4.78 is 20.5. The molecule has 0 aliphatic heterocycles. The van der Waals surface area contributed by atoms with Gasteiger partial charge in [0.25, 0.3) is 0 Å². The van der Waals surface area contributed by atoms with Gasteiger partial charge in [-0.05, 0) is 38.6 Å². The van der Waals surface area contributed by atoms with E-state index < -0.39 is 0 Å². The Morgan fingerprint density at radius 1 is 1.30 bits per heavy atom. The van der Waals surface area contributed by atoms with E-state index in [0.717, 1.165) is 29.1 Å². The molecule has 0 amide bonds. The smallest absolute Gasteiger partial charge is 0.165 e. The first kappa shape index (κ1) is 17.4. The molecule has 126 valence electrons. The van der Waals surface area contributed by atoms with Crippen molar-refractivity contribution >= 4 is 0 Å². The highest BCUT2D eigenvalue weighted by atomic mass is 19.1. The SMILES string of the molecule is COc1ccc(CN(C)Cc2c(C)nn(CCO)c2C)cc1F. The molecule has 2 rings (SSSR count). The molecule has 1 aromatic heterocycles. The first-order valence-corrected chi connectivity index (χ1v) is 7.61.